The van der Waals surface area contributed by atoms with E-state index in [2.05, 4.69) is 11.8 Å². The number of piperidine rings is 1. The number of likely N-dealkylation sites (tertiary alicyclic amines) is 1. The Hall–Kier alpha value is -0.530. The van der Waals surface area contributed by atoms with E-state index in [0.29, 0.717) is 0 Å². The molecule has 0 amide bonds. The normalized spacial score (nSPS) is 19.7. The highest BCUT2D eigenvalue weighted by Gasteiger charge is 2.17. The van der Waals surface area contributed by atoms with Gasteiger partial charge in [-0.3, -0.25) is 5.41 Å². The zero-order valence-corrected chi connectivity index (χ0v) is 8.27. The SMILES string of the molecule is CCCC1CCN(C(C)=N)CC1. The fourth-order valence-corrected chi connectivity index (χ4v) is 1.97. The molecule has 1 aliphatic heterocycles. The molecular formula is C10H20N2. The molecule has 0 saturated carbocycles. The summed E-state index contributed by atoms with van der Waals surface area (Å²) in [6.45, 7) is 6.37. The molecule has 1 rings (SSSR count). The van der Waals surface area contributed by atoms with Gasteiger partial charge in [0, 0.05) is 13.1 Å². The van der Waals surface area contributed by atoms with Gasteiger partial charge in [-0.05, 0) is 25.7 Å². The van der Waals surface area contributed by atoms with Crippen molar-refractivity contribution < 1.29 is 0 Å². The second kappa shape index (κ2) is 4.48. The molecule has 2 heteroatoms. The third kappa shape index (κ3) is 2.50. The predicted octanol–water partition coefficient (Wildman–Crippen LogP) is 2.50. The Kier molecular flexibility index (Phi) is 3.57. The van der Waals surface area contributed by atoms with Crippen molar-refractivity contribution in [2.75, 3.05) is 13.1 Å². The van der Waals surface area contributed by atoms with E-state index in [1.54, 1.807) is 0 Å². The topological polar surface area (TPSA) is 27.1 Å². The zero-order valence-electron chi connectivity index (χ0n) is 8.27. The zero-order chi connectivity index (χ0) is 8.97. The van der Waals surface area contributed by atoms with Crippen LogP contribution in [0.3, 0.4) is 0 Å². The van der Waals surface area contributed by atoms with Crippen molar-refractivity contribution in [2.24, 2.45) is 5.92 Å². The van der Waals surface area contributed by atoms with Crippen LogP contribution < -0.4 is 0 Å². The summed E-state index contributed by atoms with van der Waals surface area (Å²) >= 11 is 0. The summed E-state index contributed by atoms with van der Waals surface area (Å²) in [5.74, 6) is 1.68. The Morgan fingerprint density at radius 3 is 2.42 bits per heavy atom. The van der Waals surface area contributed by atoms with E-state index in [0.717, 1.165) is 24.8 Å². The molecule has 1 N–H and O–H groups in total. The highest BCUT2D eigenvalue weighted by molar-refractivity contribution is 5.76. The molecular weight excluding hydrogens is 148 g/mol. The van der Waals surface area contributed by atoms with E-state index in [1.165, 1.54) is 25.7 Å². The monoisotopic (exact) mass is 168 g/mol. The molecule has 0 unspecified atom stereocenters. The van der Waals surface area contributed by atoms with Crippen molar-refractivity contribution in [3.8, 4) is 0 Å². The first-order valence-electron chi connectivity index (χ1n) is 5.04. The van der Waals surface area contributed by atoms with Gasteiger partial charge < -0.3 is 4.90 Å². The number of rotatable bonds is 2. The molecule has 0 aliphatic carbocycles. The molecule has 0 aromatic carbocycles. The third-order valence-electron chi connectivity index (χ3n) is 2.79. The van der Waals surface area contributed by atoms with Gasteiger partial charge in [-0.2, -0.15) is 0 Å². The molecule has 1 saturated heterocycles. The van der Waals surface area contributed by atoms with Gasteiger partial charge in [0.15, 0.2) is 0 Å². The second-order valence-corrected chi connectivity index (χ2v) is 3.80. The smallest absolute Gasteiger partial charge is 0.0925 e. The lowest BCUT2D eigenvalue weighted by molar-refractivity contribution is 0.253. The molecule has 12 heavy (non-hydrogen) atoms. The van der Waals surface area contributed by atoms with Crippen molar-refractivity contribution in [2.45, 2.75) is 39.5 Å². The fourth-order valence-electron chi connectivity index (χ4n) is 1.97. The lowest BCUT2D eigenvalue weighted by Crippen LogP contribution is -2.36. The lowest BCUT2D eigenvalue weighted by atomic mass is 9.92. The van der Waals surface area contributed by atoms with E-state index in [4.69, 9.17) is 5.41 Å². The van der Waals surface area contributed by atoms with Crippen molar-refractivity contribution >= 4 is 5.84 Å². The van der Waals surface area contributed by atoms with Gasteiger partial charge in [-0.15, -0.1) is 0 Å². The van der Waals surface area contributed by atoms with Crippen molar-refractivity contribution in [3.05, 3.63) is 0 Å². The first-order valence-corrected chi connectivity index (χ1v) is 5.04. The minimum Gasteiger partial charge on any atom is -0.361 e. The number of hydrogen-bond donors (Lipinski definition) is 1. The largest absolute Gasteiger partial charge is 0.361 e. The van der Waals surface area contributed by atoms with Crippen LogP contribution in [-0.2, 0) is 0 Å². The van der Waals surface area contributed by atoms with Gasteiger partial charge in [0.05, 0.1) is 5.84 Å². The maximum atomic E-state index is 7.48. The minimum absolute atomic E-state index is 0.741. The van der Waals surface area contributed by atoms with Crippen LogP contribution >= 0.6 is 0 Å². The first-order chi connectivity index (χ1) is 5.74. The summed E-state index contributed by atoms with van der Waals surface area (Å²) in [7, 11) is 0. The molecule has 70 valence electrons. The van der Waals surface area contributed by atoms with Crippen LogP contribution in [0.25, 0.3) is 0 Å². The molecule has 2 nitrogen and oxygen atoms in total. The standard InChI is InChI=1S/C10H20N2/c1-3-4-10-5-7-12(8-6-10)9(2)11/h10-11H,3-8H2,1-2H3. The van der Waals surface area contributed by atoms with Gasteiger partial charge in [-0.1, -0.05) is 19.8 Å². The van der Waals surface area contributed by atoms with Crippen LogP contribution in [-0.4, -0.2) is 23.8 Å². The summed E-state index contributed by atoms with van der Waals surface area (Å²) in [6.07, 6.45) is 5.28. The van der Waals surface area contributed by atoms with Gasteiger partial charge in [0.1, 0.15) is 0 Å². The number of nitrogens with one attached hydrogen (secondary N) is 1. The van der Waals surface area contributed by atoms with Crippen molar-refractivity contribution in [1.82, 2.24) is 4.90 Å². The van der Waals surface area contributed by atoms with E-state index >= 15 is 0 Å². The molecule has 0 atom stereocenters. The Labute approximate surface area is 75.5 Å². The molecule has 1 fully saturated rings. The van der Waals surface area contributed by atoms with Gasteiger partial charge in [-0.25, -0.2) is 0 Å². The maximum Gasteiger partial charge on any atom is 0.0925 e. The maximum absolute atomic E-state index is 7.48. The van der Waals surface area contributed by atoms with Crippen molar-refractivity contribution in [1.29, 1.82) is 5.41 Å². The third-order valence-corrected chi connectivity index (χ3v) is 2.79. The van der Waals surface area contributed by atoms with E-state index < -0.39 is 0 Å². The van der Waals surface area contributed by atoms with Crippen LogP contribution in [0.5, 0.6) is 0 Å². The van der Waals surface area contributed by atoms with Crippen LogP contribution in [0, 0.1) is 11.3 Å². The molecule has 0 bridgehead atoms. The van der Waals surface area contributed by atoms with E-state index in [-0.39, 0.29) is 0 Å². The molecule has 0 aromatic heterocycles. The molecule has 1 aliphatic rings. The highest BCUT2D eigenvalue weighted by atomic mass is 15.2. The summed E-state index contributed by atoms with van der Waals surface area (Å²) in [5, 5.41) is 7.48. The quantitative estimate of drug-likeness (QED) is 0.498. The average molecular weight is 168 g/mol. The van der Waals surface area contributed by atoms with Gasteiger partial charge in [0.2, 0.25) is 0 Å². The summed E-state index contributed by atoms with van der Waals surface area (Å²) in [6, 6.07) is 0. The number of nitrogens with zero attached hydrogens (tertiary/aromatic N) is 1. The van der Waals surface area contributed by atoms with Gasteiger partial charge in [0.25, 0.3) is 0 Å². The minimum atomic E-state index is 0.741. The van der Waals surface area contributed by atoms with Crippen LogP contribution in [0.1, 0.15) is 39.5 Å². The Bertz CT molecular complexity index is 146. The molecule has 1 heterocycles. The lowest BCUT2D eigenvalue weighted by Gasteiger charge is -2.32. The predicted molar refractivity (Wildman–Crippen MR) is 52.6 cm³/mol. The van der Waals surface area contributed by atoms with E-state index in [9.17, 15) is 0 Å². The highest BCUT2D eigenvalue weighted by Crippen LogP contribution is 2.21. The fraction of sp³-hybridized carbons (Fsp3) is 0.900. The van der Waals surface area contributed by atoms with Crippen LogP contribution in [0.15, 0.2) is 0 Å². The number of hydrogen-bond acceptors (Lipinski definition) is 1. The van der Waals surface area contributed by atoms with E-state index in [1.807, 2.05) is 6.92 Å². The first kappa shape index (κ1) is 9.56. The summed E-state index contributed by atoms with van der Waals surface area (Å²) in [4.78, 5) is 2.19. The molecule has 0 aromatic rings. The average Bonchev–Trinajstić information content (AvgIpc) is 2.06. The number of amidine groups is 1. The van der Waals surface area contributed by atoms with Crippen molar-refractivity contribution in [3.63, 3.8) is 0 Å². The Morgan fingerprint density at radius 1 is 1.42 bits per heavy atom. The van der Waals surface area contributed by atoms with Gasteiger partial charge >= 0.3 is 0 Å². The summed E-state index contributed by atoms with van der Waals surface area (Å²) in [5.41, 5.74) is 0. The Morgan fingerprint density at radius 2 is 2.00 bits per heavy atom. The van der Waals surface area contributed by atoms with Crippen LogP contribution in [0.2, 0.25) is 0 Å². The second-order valence-electron chi connectivity index (χ2n) is 3.80. The molecule has 0 radical (unpaired) electrons. The van der Waals surface area contributed by atoms with Crippen LogP contribution in [0.4, 0.5) is 0 Å². The Balaban J connectivity index is 2.25. The summed E-state index contributed by atoms with van der Waals surface area (Å²) < 4.78 is 0. The molecule has 0 spiro atoms.